The number of aliphatic hydroxyl groups is 3. The van der Waals surface area contributed by atoms with Gasteiger partial charge in [-0.3, -0.25) is 14.4 Å². The van der Waals surface area contributed by atoms with Gasteiger partial charge in [-0.1, -0.05) is 209 Å². The standard InChI is InChI=1S/C26H23N2Si.C22H23N2Si.C22H24NSi2.3C5H8O2.3Ir/c1-29(2,3)21-14-15-24(27-18-21)19-13-16-26-23(17-19)22-11-7-8-12-25(22)28(26)20-9-5-4-6-10-20;1-5-24-21-9-7-6-8-18(21)19-14-16(10-13-22(19)24)20-12-11-17(15-23-20)25(2,3)4;1-24(2,3)17-11-12-20(23-15-17)16-10-13-22-19(14-16)18-8-6-7-9-21(18)25(22,4)5;3*1-4(6)3-5(2)7;;;/h4-12,14-18H,1-3H3;6-9,11-15H,5H2,1-4H3;6-9,11-15H,1-5H3;3*3,6H,1-2H3;;;/q3*-1;;;;;;. The van der Waals surface area contributed by atoms with Crippen molar-refractivity contribution in [2.45, 2.75) is 127 Å². The zero-order valence-electron chi connectivity index (χ0n) is 62.2. The van der Waals surface area contributed by atoms with E-state index >= 15 is 0 Å². The van der Waals surface area contributed by atoms with Gasteiger partial charge in [0.1, 0.15) is 0 Å². The normalized spacial score (nSPS) is 12.3. The Morgan fingerprint density at radius 1 is 0.417 bits per heavy atom. The zero-order chi connectivity index (χ0) is 73.0. The van der Waals surface area contributed by atoms with E-state index < -0.39 is 32.3 Å². The molecule has 7 aromatic carbocycles. The first kappa shape index (κ1) is 85.7. The number of para-hydroxylation sites is 3. The predicted octanol–water partition coefficient (Wildman–Crippen LogP) is 18.4. The van der Waals surface area contributed by atoms with Gasteiger partial charge >= 0.3 is 0 Å². The quantitative estimate of drug-likeness (QED) is 0.0496. The number of benzene rings is 7. The molecule has 12 aromatic rings. The summed E-state index contributed by atoms with van der Waals surface area (Å²) in [5.41, 5.74) is 15.1. The Morgan fingerprint density at radius 3 is 1.18 bits per heavy atom. The molecule has 0 amide bonds. The maximum absolute atomic E-state index is 10.0. The van der Waals surface area contributed by atoms with Gasteiger partial charge in [0, 0.05) is 120 Å². The molecule has 13 rings (SSSR count). The van der Waals surface area contributed by atoms with Gasteiger partial charge in [-0.2, -0.15) is 0 Å². The fourth-order valence-corrected chi connectivity index (χ4v) is 18.2. The summed E-state index contributed by atoms with van der Waals surface area (Å²) >= 11 is 0. The van der Waals surface area contributed by atoms with E-state index in [1.807, 2.05) is 6.20 Å². The van der Waals surface area contributed by atoms with Crippen molar-refractivity contribution in [3.8, 4) is 50.6 Å². The topological polar surface area (TPSA) is 160 Å². The Labute approximate surface area is 653 Å². The maximum atomic E-state index is 10.0. The molecule has 3 radical (unpaired) electrons. The number of nitrogens with zero attached hydrogens (tertiary/aromatic N) is 5. The second-order valence-corrected chi connectivity index (χ2v) is 48.4. The van der Waals surface area contributed by atoms with Crippen molar-refractivity contribution < 1.29 is 90.0 Å². The molecule has 6 heterocycles. The van der Waals surface area contributed by atoms with E-state index in [1.54, 1.807) is 0 Å². The Kier molecular flexibility index (Phi) is 30.9. The van der Waals surface area contributed by atoms with Gasteiger partial charge in [0.15, 0.2) is 17.3 Å². The number of pyridine rings is 3. The molecule has 0 fully saturated rings. The van der Waals surface area contributed by atoms with Gasteiger partial charge in [0.05, 0.1) is 49.6 Å². The smallest absolute Gasteiger partial charge is 0.155 e. The fraction of sp³-hybridized carbons (Fsp3) is 0.224. The Balaban J connectivity index is 0.000000241. The minimum atomic E-state index is -1.59. The van der Waals surface area contributed by atoms with Crippen molar-refractivity contribution >= 4 is 119 Å². The van der Waals surface area contributed by atoms with Gasteiger partial charge in [-0.15, -0.1) is 76.5 Å². The number of aryl methyl sites for hydroxylation is 1. The summed E-state index contributed by atoms with van der Waals surface area (Å²) in [6.45, 7) is 37.7. The molecule has 18 heteroatoms. The summed E-state index contributed by atoms with van der Waals surface area (Å²) in [5.74, 6) is -0.187. The first-order valence-electron chi connectivity index (χ1n) is 33.8. The molecule has 1 aliphatic rings. The van der Waals surface area contributed by atoms with Crippen molar-refractivity contribution in [1.29, 1.82) is 0 Å². The largest absolute Gasteiger partial charge is 0.512 e. The number of carbonyl (C=O) groups is 3. The van der Waals surface area contributed by atoms with Crippen LogP contribution in [0, 0.1) is 18.2 Å². The number of aromatic nitrogens is 5. The molecule has 541 valence electrons. The first-order chi connectivity index (χ1) is 47.2. The Morgan fingerprint density at radius 2 is 0.786 bits per heavy atom. The average molecular weight is 1970 g/mol. The van der Waals surface area contributed by atoms with Crippen LogP contribution < -0.4 is 25.9 Å². The summed E-state index contributed by atoms with van der Waals surface area (Å²) in [5, 5.41) is 37.4. The molecule has 3 N–H and O–H groups in total. The minimum absolute atomic E-state index is 0. The fourth-order valence-electron chi connectivity index (χ4n) is 12.1. The third-order valence-electron chi connectivity index (χ3n) is 17.1. The van der Waals surface area contributed by atoms with Crippen molar-refractivity contribution in [2.24, 2.45) is 0 Å². The number of fused-ring (bicyclic) bond motifs is 9. The van der Waals surface area contributed by atoms with Gasteiger partial charge < -0.3 is 39.4 Å². The number of carbonyl (C=O) groups excluding carboxylic acids is 3. The van der Waals surface area contributed by atoms with Crippen LogP contribution in [-0.4, -0.2) is 89.1 Å². The number of aliphatic hydroxyl groups excluding tert-OH is 3. The van der Waals surface area contributed by atoms with Crippen molar-refractivity contribution in [3.05, 3.63) is 248 Å². The van der Waals surface area contributed by atoms with Crippen LogP contribution in [0.2, 0.25) is 72.0 Å². The van der Waals surface area contributed by atoms with E-state index in [4.69, 9.17) is 30.3 Å². The number of allylic oxidation sites excluding steroid dienone is 6. The van der Waals surface area contributed by atoms with Crippen LogP contribution in [0.4, 0.5) is 0 Å². The molecule has 0 saturated carbocycles. The van der Waals surface area contributed by atoms with Crippen molar-refractivity contribution in [2.75, 3.05) is 0 Å². The monoisotopic (exact) mass is 1970 g/mol. The van der Waals surface area contributed by atoms with Crippen molar-refractivity contribution in [1.82, 2.24) is 24.1 Å². The molecule has 0 spiro atoms. The van der Waals surface area contributed by atoms with Crippen LogP contribution in [0.5, 0.6) is 0 Å². The Bertz CT molecular complexity index is 4930. The second kappa shape index (κ2) is 37.1. The molecule has 0 aliphatic carbocycles. The second-order valence-electron chi connectivity index (χ2n) is 28.8. The molecule has 0 saturated heterocycles. The van der Waals surface area contributed by atoms with E-state index in [9.17, 15) is 14.4 Å². The summed E-state index contributed by atoms with van der Waals surface area (Å²) in [4.78, 5) is 44.3. The molecule has 5 aromatic heterocycles. The first-order valence-corrected chi connectivity index (χ1v) is 47.3. The summed E-state index contributed by atoms with van der Waals surface area (Å²) in [6.07, 6.45) is 9.66. The van der Waals surface area contributed by atoms with Crippen LogP contribution in [0.3, 0.4) is 0 Å². The van der Waals surface area contributed by atoms with Crippen LogP contribution in [0.1, 0.15) is 48.5 Å². The number of ketones is 3. The third kappa shape index (κ3) is 22.1. The van der Waals surface area contributed by atoms with Gasteiger partial charge in [0.2, 0.25) is 0 Å². The number of hydrogen-bond acceptors (Lipinski definition) is 9. The van der Waals surface area contributed by atoms with E-state index in [0.29, 0.717) is 0 Å². The van der Waals surface area contributed by atoms with E-state index in [2.05, 4.69) is 295 Å². The van der Waals surface area contributed by atoms with Crippen LogP contribution in [0.25, 0.3) is 94.2 Å². The summed E-state index contributed by atoms with van der Waals surface area (Å²) < 4.78 is 4.67. The van der Waals surface area contributed by atoms with Crippen LogP contribution in [-0.2, 0) is 81.2 Å². The molecule has 103 heavy (non-hydrogen) atoms. The van der Waals surface area contributed by atoms with Gasteiger partial charge in [-0.25, -0.2) is 0 Å². The predicted molar refractivity (Wildman–Crippen MR) is 431 cm³/mol. The molecule has 11 nitrogen and oxygen atoms in total. The van der Waals surface area contributed by atoms with E-state index in [0.717, 1.165) is 46.0 Å². The molecular weight excluding hydrogens is 1880 g/mol. The number of rotatable bonds is 11. The minimum Gasteiger partial charge on any atom is -0.512 e. The van der Waals surface area contributed by atoms with Gasteiger partial charge in [-0.05, 0) is 133 Å². The van der Waals surface area contributed by atoms with E-state index in [-0.39, 0.29) is 94.9 Å². The molecule has 0 bridgehead atoms. The SMILES string of the molecule is CC(=O)C=C(C)O.CC(=O)C=C(C)O.CC(=O)C=C(C)O.CCn1c2c[c-]c(-c3ccc([Si](C)(C)C)cn3)cc2c2ccccc21.C[Si](C)(C)c1ccc(-c2[c-]cc3c(c2)-c2ccccc2[Si]3(C)C)nc1.C[Si](C)(C)c1ccc(-c2[c-]cc3c(c2)c2ccccc2n3-c2ccccc2)nc1.[Ir].[Ir].[Ir]. The summed E-state index contributed by atoms with van der Waals surface area (Å²) in [6, 6.07) is 73.4. The Hall–Kier alpha value is -7.96. The average Bonchev–Trinajstić information content (AvgIpc) is 1.62. The number of hydrogen-bond donors (Lipinski definition) is 3. The van der Waals surface area contributed by atoms with Crippen molar-refractivity contribution in [3.63, 3.8) is 0 Å². The summed E-state index contributed by atoms with van der Waals surface area (Å²) in [7, 11) is -5.55. The van der Waals surface area contributed by atoms with E-state index in [1.165, 1.54) is 140 Å². The van der Waals surface area contributed by atoms with Gasteiger partial charge in [0.25, 0.3) is 0 Å². The van der Waals surface area contributed by atoms with Crippen LogP contribution >= 0.6 is 0 Å². The zero-order valence-corrected chi connectivity index (χ0v) is 73.4. The molecule has 0 atom stereocenters. The third-order valence-corrected chi connectivity index (χ3v) is 26.7. The molecular formula is C85H94Ir3N5O6Si4-3. The molecule has 1 aliphatic heterocycles. The van der Waals surface area contributed by atoms with Crippen LogP contribution in [0.15, 0.2) is 230 Å². The maximum Gasteiger partial charge on any atom is 0.155 e. The molecule has 0 unspecified atom stereocenters.